The van der Waals surface area contributed by atoms with Gasteiger partial charge in [-0.3, -0.25) is 13.9 Å². The van der Waals surface area contributed by atoms with Crippen LogP contribution in [0.2, 0.25) is 5.02 Å². The highest BCUT2D eigenvalue weighted by atomic mass is 79.9. The summed E-state index contributed by atoms with van der Waals surface area (Å²) in [5.74, 6) is -0.685. The van der Waals surface area contributed by atoms with E-state index < -0.39 is 28.5 Å². The molecule has 2 atom stereocenters. The van der Waals surface area contributed by atoms with Crippen molar-refractivity contribution in [1.29, 1.82) is 0 Å². The Hall–Kier alpha value is -3.08. The van der Waals surface area contributed by atoms with Crippen molar-refractivity contribution in [1.82, 2.24) is 10.2 Å². The zero-order chi connectivity index (χ0) is 30.3. The zero-order valence-corrected chi connectivity index (χ0v) is 26.9. The Morgan fingerprint density at radius 1 is 1.02 bits per heavy atom. The number of aryl methyl sites for hydroxylation is 1. The van der Waals surface area contributed by atoms with Crippen molar-refractivity contribution >= 4 is 55.1 Å². The molecule has 8 nitrogen and oxygen atoms in total. The maximum absolute atomic E-state index is 14.1. The molecule has 0 aliphatic carbocycles. The number of anilines is 1. The first kappa shape index (κ1) is 32.4. The molecule has 220 valence electrons. The van der Waals surface area contributed by atoms with Gasteiger partial charge in [-0.05, 0) is 75.2 Å². The van der Waals surface area contributed by atoms with E-state index in [4.69, 9.17) is 16.3 Å². The molecule has 0 aliphatic heterocycles. The molecule has 0 fully saturated rings. The fraction of sp³-hybridized carbons (Fsp3) is 0.333. The lowest BCUT2D eigenvalue weighted by molar-refractivity contribution is -0.139. The largest absolute Gasteiger partial charge is 0.495 e. The van der Waals surface area contributed by atoms with Crippen LogP contribution in [0.1, 0.15) is 38.3 Å². The molecule has 11 heteroatoms. The smallest absolute Gasteiger partial charge is 0.264 e. The maximum Gasteiger partial charge on any atom is 0.264 e. The molecule has 0 aliphatic rings. The molecule has 1 N–H and O–H groups in total. The van der Waals surface area contributed by atoms with Gasteiger partial charge in [0, 0.05) is 22.1 Å². The van der Waals surface area contributed by atoms with Gasteiger partial charge < -0.3 is 15.0 Å². The van der Waals surface area contributed by atoms with Crippen LogP contribution in [0.3, 0.4) is 0 Å². The highest BCUT2D eigenvalue weighted by Gasteiger charge is 2.34. The fourth-order valence-corrected chi connectivity index (χ4v) is 5.89. The van der Waals surface area contributed by atoms with E-state index in [0.29, 0.717) is 0 Å². The van der Waals surface area contributed by atoms with Gasteiger partial charge in [-0.1, -0.05) is 64.3 Å². The lowest BCUT2D eigenvalue weighted by Gasteiger charge is -2.33. The second kappa shape index (κ2) is 14.2. The van der Waals surface area contributed by atoms with Crippen LogP contribution < -0.4 is 14.4 Å². The summed E-state index contributed by atoms with van der Waals surface area (Å²) in [5, 5.41) is 3.19. The third-order valence-electron chi connectivity index (χ3n) is 6.73. The van der Waals surface area contributed by atoms with E-state index in [0.717, 1.165) is 26.3 Å². The number of carbonyl (C=O) groups excluding carboxylic acids is 2. The number of nitrogens with zero attached hydrogens (tertiary/aromatic N) is 2. The molecule has 0 radical (unpaired) electrons. The summed E-state index contributed by atoms with van der Waals surface area (Å²) in [7, 11) is -2.85. The molecule has 0 bridgehead atoms. The third-order valence-corrected chi connectivity index (χ3v) is 9.27. The van der Waals surface area contributed by atoms with Gasteiger partial charge in [0.2, 0.25) is 11.8 Å². The Balaban J connectivity index is 2.09. The van der Waals surface area contributed by atoms with Crippen LogP contribution in [-0.4, -0.2) is 50.9 Å². The molecular formula is C30H35BrClN3O5S. The van der Waals surface area contributed by atoms with Crippen LogP contribution >= 0.6 is 27.5 Å². The first-order valence-electron chi connectivity index (χ1n) is 13.1. The average molecular weight is 665 g/mol. The van der Waals surface area contributed by atoms with Crippen LogP contribution in [-0.2, 0) is 26.2 Å². The number of halogens is 2. The van der Waals surface area contributed by atoms with Crippen LogP contribution in [0, 0.1) is 6.92 Å². The minimum Gasteiger partial charge on any atom is -0.495 e. The van der Waals surface area contributed by atoms with Crippen molar-refractivity contribution in [3.05, 3.63) is 87.4 Å². The summed E-state index contributed by atoms with van der Waals surface area (Å²) in [6, 6.07) is 17.3. The fourth-order valence-electron chi connectivity index (χ4n) is 4.04. The summed E-state index contributed by atoms with van der Waals surface area (Å²) in [6.45, 7) is 6.81. The summed E-state index contributed by atoms with van der Waals surface area (Å²) in [4.78, 5) is 28.6. The molecule has 0 heterocycles. The predicted octanol–water partition coefficient (Wildman–Crippen LogP) is 5.95. The minimum atomic E-state index is -4.26. The van der Waals surface area contributed by atoms with Gasteiger partial charge in [-0.25, -0.2) is 8.42 Å². The topological polar surface area (TPSA) is 96.0 Å². The summed E-state index contributed by atoms with van der Waals surface area (Å²) in [5.41, 5.74) is 1.76. The normalized spacial score (nSPS) is 12.8. The van der Waals surface area contributed by atoms with Crippen molar-refractivity contribution in [2.45, 2.75) is 57.6 Å². The van der Waals surface area contributed by atoms with Gasteiger partial charge in [0.25, 0.3) is 10.0 Å². The Morgan fingerprint density at radius 2 is 1.66 bits per heavy atom. The Kier molecular flexibility index (Phi) is 11.2. The van der Waals surface area contributed by atoms with Crippen LogP contribution in [0.5, 0.6) is 5.75 Å². The number of sulfonamides is 1. The SMILES string of the molecule is CC[C@@H](C)NC(=O)[C@H](C)N(Cc1ccc(Br)cc1)C(=O)CN(c1cc(Cl)ccc1OC)S(=O)(=O)c1ccc(C)cc1. The number of nitrogens with one attached hydrogen (secondary N) is 1. The molecule has 3 aromatic carbocycles. The van der Waals surface area contributed by atoms with Crippen molar-refractivity contribution < 1.29 is 22.7 Å². The zero-order valence-electron chi connectivity index (χ0n) is 23.7. The van der Waals surface area contributed by atoms with Gasteiger partial charge in [0.1, 0.15) is 18.3 Å². The van der Waals surface area contributed by atoms with Gasteiger partial charge in [-0.15, -0.1) is 0 Å². The van der Waals surface area contributed by atoms with Crippen molar-refractivity contribution in [3.63, 3.8) is 0 Å². The number of hydrogen-bond acceptors (Lipinski definition) is 5. The molecular weight excluding hydrogens is 630 g/mol. The number of rotatable bonds is 12. The molecule has 0 saturated carbocycles. The van der Waals surface area contributed by atoms with E-state index >= 15 is 0 Å². The minimum absolute atomic E-state index is 0.0000461. The monoisotopic (exact) mass is 663 g/mol. The van der Waals surface area contributed by atoms with Crippen LogP contribution in [0.25, 0.3) is 0 Å². The maximum atomic E-state index is 14.1. The highest BCUT2D eigenvalue weighted by Crippen LogP contribution is 2.35. The number of ether oxygens (including phenoxy) is 1. The third kappa shape index (κ3) is 8.24. The van der Waals surface area contributed by atoms with Gasteiger partial charge in [0.15, 0.2) is 0 Å². The molecule has 0 spiro atoms. The van der Waals surface area contributed by atoms with Crippen molar-refractivity contribution in [2.24, 2.45) is 0 Å². The summed E-state index contributed by atoms with van der Waals surface area (Å²) in [6.07, 6.45) is 0.719. The second-order valence-corrected chi connectivity index (χ2v) is 13.0. The van der Waals surface area contributed by atoms with Crippen molar-refractivity contribution in [3.8, 4) is 5.75 Å². The summed E-state index contributed by atoms with van der Waals surface area (Å²) >= 11 is 9.69. The molecule has 2 amide bonds. The quantitative estimate of drug-likeness (QED) is 0.258. The van der Waals surface area contributed by atoms with Gasteiger partial charge >= 0.3 is 0 Å². The molecule has 0 aromatic heterocycles. The van der Waals surface area contributed by atoms with Gasteiger partial charge in [-0.2, -0.15) is 0 Å². The average Bonchev–Trinajstić information content (AvgIpc) is 2.95. The number of benzene rings is 3. The van der Waals surface area contributed by atoms with E-state index in [1.54, 1.807) is 31.2 Å². The first-order chi connectivity index (χ1) is 19.4. The standard InChI is InChI=1S/C30H35BrClN3O5S/c1-6-21(3)33-30(37)22(4)34(18-23-9-11-24(31)12-10-23)29(36)19-35(27-17-25(32)13-16-28(27)40-5)41(38,39)26-14-7-20(2)8-15-26/h7-17,21-22H,6,18-19H2,1-5H3,(H,33,37)/t21-,22+/m1/s1. The Morgan fingerprint density at radius 3 is 2.24 bits per heavy atom. The molecule has 3 rings (SSSR count). The van der Waals surface area contributed by atoms with E-state index in [9.17, 15) is 18.0 Å². The Bertz CT molecular complexity index is 1470. The number of methoxy groups -OCH3 is 1. The second-order valence-electron chi connectivity index (χ2n) is 9.78. The van der Waals surface area contributed by atoms with Crippen LogP contribution in [0.15, 0.2) is 76.1 Å². The first-order valence-corrected chi connectivity index (χ1v) is 15.8. The van der Waals surface area contributed by atoms with E-state index in [-0.39, 0.29) is 39.8 Å². The highest BCUT2D eigenvalue weighted by molar-refractivity contribution is 9.10. The lowest BCUT2D eigenvalue weighted by Crippen LogP contribution is -2.52. The molecule has 41 heavy (non-hydrogen) atoms. The summed E-state index contributed by atoms with van der Waals surface area (Å²) < 4.78 is 35.4. The predicted molar refractivity (Wildman–Crippen MR) is 166 cm³/mol. The van der Waals surface area contributed by atoms with Crippen molar-refractivity contribution in [2.75, 3.05) is 18.0 Å². The van der Waals surface area contributed by atoms with Gasteiger partial charge in [0.05, 0.1) is 17.7 Å². The lowest BCUT2D eigenvalue weighted by atomic mass is 10.1. The molecule has 0 saturated heterocycles. The van der Waals surface area contributed by atoms with E-state index in [2.05, 4.69) is 21.2 Å². The Labute approximate surface area is 255 Å². The molecule has 0 unspecified atom stereocenters. The number of carbonyl (C=O) groups is 2. The molecule has 3 aromatic rings. The van der Waals surface area contributed by atoms with E-state index in [1.807, 2.05) is 45.0 Å². The van der Waals surface area contributed by atoms with E-state index in [1.165, 1.54) is 30.2 Å². The van der Waals surface area contributed by atoms with Crippen LogP contribution in [0.4, 0.5) is 5.69 Å². The number of hydrogen-bond donors (Lipinski definition) is 1. The number of amides is 2.